The highest BCUT2D eigenvalue weighted by Gasteiger charge is 2.79. The third-order valence-electron chi connectivity index (χ3n) is 8.39. The molecule has 1 aliphatic heterocycles. The summed E-state index contributed by atoms with van der Waals surface area (Å²) in [6, 6.07) is 8.94. The number of aromatic nitrogens is 4. The van der Waals surface area contributed by atoms with Gasteiger partial charge in [-0.25, -0.2) is 15.0 Å². The normalized spacial score (nSPS) is 35.4. The Balaban J connectivity index is 1.23. The number of fused-ring (bicyclic) bond motifs is 4. The number of halogens is 1. The maximum absolute atomic E-state index is 13.0. The fourth-order valence-corrected chi connectivity index (χ4v) is 7.18. The number of ether oxygens (including phenoxy) is 2. The third kappa shape index (κ3) is 3.26. The summed E-state index contributed by atoms with van der Waals surface area (Å²) in [5.74, 6) is 0.620. The zero-order chi connectivity index (χ0) is 25.0. The Morgan fingerprint density at radius 2 is 2.08 bits per heavy atom. The van der Waals surface area contributed by atoms with Gasteiger partial charge in [0, 0.05) is 47.5 Å². The molecule has 1 aromatic carbocycles. The average Bonchev–Trinajstić information content (AvgIpc) is 3.66. The molecule has 2 N–H and O–H groups in total. The number of hydrogen-bond acceptors (Lipinski definition) is 7. The van der Waals surface area contributed by atoms with Crippen LogP contribution in [0, 0.1) is 22.1 Å². The van der Waals surface area contributed by atoms with Crippen molar-refractivity contribution >= 4 is 45.5 Å². The second-order valence-corrected chi connectivity index (χ2v) is 12.1. The number of imidazole rings is 1. The zero-order valence-corrected chi connectivity index (χ0v) is 22.8. The van der Waals surface area contributed by atoms with Crippen LogP contribution in [0.1, 0.15) is 49.8 Å². The van der Waals surface area contributed by atoms with E-state index in [4.69, 9.17) is 24.4 Å². The minimum absolute atomic E-state index is 0.0261. The van der Waals surface area contributed by atoms with Gasteiger partial charge in [-0.2, -0.15) is 0 Å². The van der Waals surface area contributed by atoms with Crippen LogP contribution >= 0.6 is 22.6 Å². The van der Waals surface area contributed by atoms with E-state index in [1.54, 1.807) is 7.05 Å². The first kappa shape index (κ1) is 22.9. The molecule has 7 atom stereocenters. The van der Waals surface area contributed by atoms with Gasteiger partial charge in [-0.15, -0.1) is 0 Å². The fraction of sp³-hybridized carbons (Fsp3) is 0.538. The van der Waals surface area contributed by atoms with Crippen LogP contribution in [0.15, 0.2) is 30.6 Å². The molecule has 7 rings (SSSR count). The van der Waals surface area contributed by atoms with Gasteiger partial charge in [-0.1, -0.05) is 29.8 Å². The lowest BCUT2D eigenvalue weighted by molar-refractivity contribution is -0.164. The lowest BCUT2D eigenvalue weighted by atomic mass is 9.98. The number of benzene rings is 1. The molecule has 9 nitrogen and oxygen atoms in total. The molecule has 3 heterocycles. The van der Waals surface area contributed by atoms with Gasteiger partial charge in [0.15, 0.2) is 26.6 Å². The first-order valence-corrected chi connectivity index (χ1v) is 13.6. The van der Waals surface area contributed by atoms with E-state index in [0.29, 0.717) is 15.8 Å². The molecule has 0 radical (unpaired) electrons. The Labute approximate surface area is 222 Å². The van der Waals surface area contributed by atoms with Crippen molar-refractivity contribution in [2.75, 3.05) is 12.4 Å². The molecule has 188 valence electrons. The van der Waals surface area contributed by atoms with E-state index in [0.717, 1.165) is 29.8 Å². The van der Waals surface area contributed by atoms with Gasteiger partial charge >= 0.3 is 0 Å². The quantitative estimate of drug-likeness (QED) is 0.341. The van der Waals surface area contributed by atoms with Crippen molar-refractivity contribution in [3.8, 4) is 0 Å². The number of nitrogens with zero attached hydrogens (tertiary/aromatic N) is 4. The fourth-order valence-electron chi connectivity index (χ4n) is 6.71. The zero-order valence-electron chi connectivity index (χ0n) is 20.7. The second-order valence-electron chi connectivity index (χ2n) is 11.1. The Morgan fingerprint density at radius 3 is 2.86 bits per heavy atom. The van der Waals surface area contributed by atoms with Crippen LogP contribution < -0.4 is 10.6 Å². The minimum atomic E-state index is -0.745. The molecular weight excluding hydrogens is 571 g/mol. The van der Waals surface area contributed by atoms with E-state index in [1.165, 1.54) is 11.1 Å². The standard InChI is InChI=1S/C26H29IN6O3/c1-12-6-5-7-13(8-12)14-9-16(14)30-21-17-22(32-24(27)31-21)33(11-29-17)18-15-10-26(15,23(34)28-4)20-19(18)35-25(2,3)36-20/h5-8,11,14-16,18-20H,9-10H2,1-4H3,(H,28,34)(H,30,31,32)/t14?,15-,16?,18-,19-,20-,26+/m1/s1. The number of carbonyl (C=O) groups is 1. The van der Waals surface area contributed by atoms with E-state index >= 15 is 0 Å². The van der Waals surface area contributed by atoms with Crippen LogP contribution in [0.25, 0.3) is 11.2 Å². The smallest absolute Gasteiger partial charge is 0.229 e. The average molecular weight is 600 g/mol. The maximum Gasteiger partial charge on any atom is 0.229 e. The topological polar surface area (TPSA) is 103 Å². The number of carbonyl (C=O) groups excluding carboxylic acids is 1. The first-order chi connectivity index (χ1) is 17.2. The van der Waals surface area contributed by atoms with Crippen LogP contribution in [0.2, 0.25) is 0 Å². The van der Waals surface area contributed by atoms with E-state index in [9.17, 15) is 4.79 Å². The monoisotopic (exact) mass is 600 g/mol. The lowest BCUT2D eigenvalue weighted by Gasteiger charge is -2.24. The summed E-state index contributed by atoms with van der Waals surface area (Å²) in [7, 11) is 1.69. The second kappa shape index (κ2) is 7.61. The lowest BCUT2D eigenvalue weighted by Crippen LogP contribution is -2.40. The van der Waals surface area contributed by atoms with E-state index in [-0.39, 0.29) is 30.1 Å². The summed E-state index contributed by atoms with van der Waals surface area (Å²) in [5, 5.41) is 6.50. The van der Waals surface area contributed by atoms with Gasteiger partial charge in [0.05, 0.1) is 17.8 Å². The van der Waals surface area contributed by atoms with Crippen LogP contribution in [0.5, 0.6) is 0 Å². The van der Waals surface area contributed by atoms with Crippen LogP contribution in [0.4, 0.5) is 5.82 Å². The Kier molecular flexibility index (Phi) is 4.83. The molecule has 3 saturated carbocycles. The van der Waals surface area contributed by atoms with Gasteiger partial charge in [0.25, 0.3) is 0 Å². The first-order valence-electron chi connectivity index (χ1n) is 12.5. The van der Waals surface area contributed by atoms with Crippen LogP contribution in [-0.2, 0) is 14.3 Å². The van der Waals surface area contributed by atoms with Gasteiger partial charge in [-0.05, 0) is 39.2 Å². The number of nitrogens with one attached hydrogen (secondary N) is 2. The summed E-state index contributed by atoms with van der Waals surface area (Å²) in [6.45, 7) is 5.96. The summed E-state index contributed by atoms with van der Waals surface area (Å²) >= 11 is 2.17. The summed E-state index contributed by atoms with van der Waals surface area (Å²) in [6.07, 6.45) is 3.13. The largest absolute Gasteiger partial charge is 0.365 e. The van der Waals surface area contributed by atoms with Crippen molar-refractivity contribution in [1.29, 1.82) is 0 Å². The maximum atomic E-state index is 13.0. The molecule has 2 aromatic heterocycles. The summed E-state index contributed by atoms with van der Waals surface area (Å²) in [5.41, 5.74) is 3.58. The van der Waals surface area contributed by atoms with Gasteiger partial charge in [0.2, 0.25) is 5.91 Å². The van der Waals surface area contributed by atoms with Crippen LogP contribution in [0.3, 0.4) is 0 Å². The molecular formula is C26H29IN6O3. The highest BCUT2D eigenvalue weighted by Crippen LogP contribution is 2.71. The number of rotatable bonds is 5. The van der Waals surface area contributed by atoms with E-state index < -0.39 is 11.2 Å². The SMILES string of the molecule is CNC(=O)[C@@]12C[C@@H]1[C@@H](n1cnc3c(NC4CC4c4cccc(C)c4)nc(I)nc31)[C@H]1OC(C)(C)O[C@H]12. The predicted molar refractivity (Wildman–Crippen MR) is 141 cm³/mol. The van der Waals surface area contributed by atoms with Crippen molar-refractivity contribution in [2.45, 2.75) is 69.6 Å². The van der Waals surface area contributed by atoms with Crippen molar-refractivity contribution in [2.24, 2.45) is 11.3 Å². The molecule has 0 bridgehead atoms. The van der Waals surface area contributed by atoms with Crippen molar-refractivity contribution in [3.63, 3.8) is 0 Å². The molecule has 1 saturated heterocycles. The molecule has 3 aliphatic carbocycles. The van der Waals surface area contributed by atoms with E-state index in [2.05, 4.69) is 69.0 Å². The third-order valence-corrected chi connectivity index (χ3v) is 8.88. The molecule has 1 amide bonds. The van der Waals surface area contributed by atoms with Gasteiger partial charge in [0.1, 0.15) is 12.2 Å². The summed E-state index contributed by atoms with van der Waals surface area (Å²) in [4.78, 5) is 27.3. The molecule has 3 aromatic rings. The summed E-state index contributed by atoms with van der Waals surface area (Å²) < 4.78 is 15.4. The molecule has 0 spiro atoms. The molecule has 10 heteroatoms. The van der Waals surface area contributed by atoms with Crippen molar-refractivity contribution in [3.05, 3.63) is 45.6 Å². The highest BCUT2D eigenvalue weighted by atomic mass is 127. The highest BCUT2D eigenvalue weighted by molar-refractivity contribution is 14.1. The predicted octanol–water partition coefficient (Wildman–Crippen LogP) is 3.53. The molecule has 36 heavy (non-hydrogen) atoms. The van der Waals surface area contributed by atoms with Gasteiger partial charge in [-0.3, -0.25) is 4.79 Å². The Hall–Kier alpha value is -2.31. The van der Waals surface area contributed by atoms with Crippen molar-refractivity contribution in [1.82, 2.24) is 24.8 Å². The number of aryl methyl sites for hydroxylation is 1. The molecule has 4 aliphatic rings. The number of hydrogen-bond donors (Lipinski definition) is 2. The number of amides is 1. The van der Waals surface area contributed by atoms with E-state index in [1.807, 2.05) is 20.2 Å². The Bertz CT molecular complexity index is 1410. The number of anilines is 1. The molecule has 4 fully saturated rings. The molecule has 2 unspecified atom stereocenters. The van der Waals surface area contributed by atoms with Gasteiger partial charge < -0.3 is 24.7 Å². The van der Waals surface area contributed by atoms with Crippen LogP contribution in [-0.4, -0.2) is 56.5 Å². The van der Waals surface area contributed by atoms with Crippen molar-refractivity contribution < 1.29 is 14.3 Å². The minimum Gasteiger partial charge on any atom is -0.365 e. The Morgan fingerprint density at radius 1 is 1.25 bits per heavy atom.